The van der Waals surface area contributed by atoms with E-state index in [1.165, 1.54) is 22.3 Å². The summed E-state index contributed by atoms with van der Waals surface area (Å²) in [4.78, 5) is 0. The van der Waals surface area contributed by atoms with Crippen LogP contribution in [-0.2, 0) is 0 Å². The first-order valence-corrected chi connectivity index (χ1v) is 11.0. The number of aryl methyl sites for hydroxylation is 3. The van der Waals surface area contributed by atoms with Gasteiger partial charge in [0.25, 0.3) is 0 Å². The maximum atomic E-state index is 11.3. The standard InChI is InChI=1S/C30H30O/c1-5-28(31)30-27(24-13-7-10-21(3)18-24)16-15-26(23-12-6-9-20(2)17-23)29(30)25-14-8-11-22(4)19-25/h6-19,28,31H,5H2,1-4H3/t28-/m0/s1. The Balaban J connectivity index is 2.10. The summed E-state index contributed by atoms with van der Waals surface area (Å²) >= 11 is 0. The van der Waals surface area contributed by atoms with E-state index < -0.39 is 6.10 Å². The normalized spacial score (nSPS) is 12.0. The number of rotatable bonds is 5. The Morgan fingerprint density at radius 1 is 0.613 bits per heavy atom. The molecule has 0 spiro atoms. The Hall–Kier alpha value is -3.16. The molecule has 0 radical (unpaired) electrons. The van der Waals surface area contributed by atoms with Crippen molar-refractivity contribution < 1.29 is 5.11 Å². The predicted molar refractivity (Wildman–Crippen MR) is 132 cm³/mol. The highest BCUT2D eigenvalue weighted by Crippen LogP contribution is 2.44. The lowest BCUT2D eigenvalue weighted by Crippen LogP contribution is -2.04. The molecule has 0 aliphatic heterocycles. The van der Waals surface area contributed by atoms with Crippen LogP contribution in [0.15, 0.2) is 84.9 Å². The summed E-state index contributed by atoms with van der Waals surface area (Å²) in [5, 5.41) is 11.3. The van der Waals surface area contributed by atoms with Crippen molar-refractivity contribution in [2.45, 2.75) is 40.2 Å². The minimum Gasteiger partial charge on any atom is -0.388 e. The maximum absolute atomic E-state index is 11.3. The number of hydrogen-bond donors (Lipinski definition) is 1. The second-order valence-corrected chi connectivity index (χ2v) is 8.48. The third-order valence-corrected chi connectivity index (χ3v) is 5.93. The first-order chi connectivity index (χ1) is 15.0. The van der Waals surface area contributed by atoms with Gasteiger partial charge in [-0.1, -0.05) is 109 Å². The van der Waals surface area contributed by atoms with Crippen molar-refractivity contribution in [3.05, 3.63) is 107 Å². The molecule has 1 heteroatoms. The van der Waals surface area contributed by atoms with E-state index in [4.69, 9.17) is 0 Å². The molecule has 0 unspecified atom stereocenters. The molecule has 0 saturated carbocycles. The monoisotopic (exact) mass is 406 g/mol. The van der Waals surface area contributed by atoms with Gasteiger partial charge in [-0.3, -0.25) is 0 Å². The van der Waals surface area contributed by atoms with Crippen molar-refractivity contribution in [1.82, 2.24) is 0 Å². The van der Waals surface area contributed by atoms with Crippen molar-refractivity contribution in [3.8, 4) is 33.4 Å². The Morgan fingerprint density at radius 2 is 1.06 bits per heavy atom. The SMILES string of the molecule is CC[C@H](O)c1c(-c2cccc(C)c2)ccc(-c2cccc(C)c2)c1-c1cccc(C)c1. The lowest BCUT2D eigenvalue weighted by molar-refractivity contribution is 0.175. The van der Waals surface area contributed by atoms with E-state index in [0.29, 0.717) is 6.42 Å². The highest BCUT2D eigenvalue weighted by Gasteiger charge is 2.22. The van der Waals surface area contributed by atoms with E-state index in [1.54, 1.807) is 0 Å². The molecule has 0 aromatic heterocycles. The predicted octanol–water partition coefficient (Wildman–Crippen LogP) is 8.06. The second-order valence-electron chi connectivity index (χ2n) is 8.48. The smallest absolute Gasteiger partial charge is 0.0799 e. The van der Waals surface area contributed by atoms with Crippen LogP contribution in [0, 0.1) is 20.8 Å². The minimum atomic E-state index is -0.546. The molecule has 0 aliphatic carbocycles. The summed E-state index contributed by atoms with van der Waals surface area (Å²) in [5.41, 5.74) is 11.5. The molecule has 1 N–H and O–H groups in total. The highest BCUT2D eigenvalue weighted by molar-refractivity contribution is 5.91. The van der Waals surface area contributed by atoms with Gasteiger partial charge in [0.2, 0.25) is 0 Å². The van der Waals surface area contributed by atoms with Crippen LogP contribution >= 0.6 is 0 Å². The fourth-order valence-electron chi connectivity index (χ4n) is 4.40. The Labute approximate surface area is 186 Å². The van der Waals surface area contributed by atoms with Gasteiger partial charge in [0, 0.05) is 0 Å². The van der Waals surface area contributed by atoms with Crippen molar-refractivity contribution in [2.75, 3.05) is 0 Å². The van der Waals surface area contributed by atoms with E-state index in [9.17, 15) is 5.11 Å². The van der Waals surface area contributed by atoms with Crippen molar-refractivity contribution in [1.29, 1.82) is 0 Å². The summed E-state index contributed by atoms with van der Waals surface area (Å²) in [6, 6.07) is 30.2. The van der Waals surface area contributed by atoms with Crippen LogP contribution in [0.25, 0.3) is 33.4 Å². The van der Waals surface area contributed by atoms with Crippen LogP contribution in [0.5, 0.6) is 0 Å². The van der Waals surface area contributed by atoms with Crippen molar-refractivity contribution in [2.24, 2.45) is 0 Å². The molecule has 0 aliphatic rings. The van der Waals surface area contributed by atoms with Gasteiger partial charge < -0.3 is 5.11 Å². The fourth-order valence-corrected chi connectivity index (χ4v) is 4.40. The molecular weight excluding hydrogens is 376 g/mol. The third kappa shape index (κ3) is 4.33. The number of benzene rings is 4. The molecule has 31 heavy (non-hydrogen) atoms. The lowest BCUT2D eigenvalue weighted by Gasteiger charge is -2.23. The van der Waals surface area contributed by atoms with Crippen LogP contribution in [-0.4, -0.2) is 5.11 Å². The lowest BCUT2D eigenvalue weighted by atomic mass is 9.82. The molecule has 0 bridgehead atoms. The molecule has 156 valence electrons. The zero-order valence-corrected chi connectivity index (χ0v) is 18.8. The molecular formula is C30H30O. The van der Waals surface area contributed by atoms with E-state index in [1.807, 2.05) is 6.92 Å². The van der Waals surface area contributed by atoms with Gasteiger partial charge in [-0.15, -0.1) is 0 Å². The van der Waals surface area contributed by atoms with Gasteiger partial charge in [-0.25, -0.2) is 0 Å². The Morgan fingerprint density at radius 3 is 1.58 bits per heavy atom. The summed E-state index contributed by atoms with van der Waals surface area (Å²) in [6.07, 6.45) is 0.116. The van der Waals surface area contributed by atoms with Gasteiger partial charge in [0.1, 0.15) is 0 Å². The fraction of sp³-hybridized carbons (Fsp3) is 0.200. The number of hydrogen-bond acceptors (Lipinski definition) is 1. The van der Waals surface area contributed by atoms with E-state index >= 15 is 0 Å². The zero-order chi connectivity index (χ0) is 22.0. The molecule has 0 heterocycles. The van der Waals surface area contributed by atoms with E-state index in [-0.39, 0.29) is 0 Å². The van der Waals surface area contributed by atoms with Gasteiger partial charge in [0.05, 0.1) is 6.10 Å². The van der Waals surface area contributed by atoms with Gasteiger partial charge >= 0.3 is 0 Å². The molecule has 0 amide bonds. The van der Waals surface area contributed by atoms with Gasteiger partial charge in [-0.2, -0.15) is 0 Å². The van der Waals surface area contributed by atoms with Crippen LogP contribution in [0.1, 0.15) is 41.7 Å². The van der Waals surface area contributed by atoms with Crippen LogP contribution < -0.4 is 0 Å². The van der Waals surface area contributed by atoms with Gasteiger partial charge in [0.15, 0.2) is 0 Å². The average Bonchev–Trinajstić information content (AvgIpc) is 2.77. The minimum absolute atomic E-state index is 0.546. The molecule has 4 rings (SSSR count). The van der Waals surface area contributed by atoms with Crippen LogP contribution in [0.4, 0.5) is 0 Å². The third-order valence-electron chi connectivity index (χ3n) is 5.93. The largest absolute Gasteiger partial charge is 0.388 e. The maximum Gasteiger partial charge on any atom is 0.0799 e. The molecule has 1 nitrogen and oxygen atoms in total. The summed E-state index contributed by atoms with van der Waals surface area (Å²) < 4.78 is 0. The molecule has 1 atom stereocenters. The van der Waals surface area contributed by atoms with Gasteiger partial charge in [-0.05, 0) is 66.1 Å². The molecule has 4 aromatic carbocycles. The summed E-state index contributed by atoms with van der Waals surface area (Å²) in [7, 11) is 0. The van der Waals surface area contributed by atoms with Crippen LogP contribution in [0.2, 0.25) is 0 Å². The highest BCUT2D eigenvalue weighted by atomic mass is 16.3. The average molecular weight is 407 g/mol. The van der Waals surface area contributed by atoms with E-state index in [0.717, 1.165) is 33.4 Å². The molecule has 4 aromatic rings. The van der Waals surface area contributed by atoms with Crippen molar-refractivity contribution >= 4 is 0 Å². The number of aliphatic hydroxyl groups is 1. The summed E-state index contributed by atoms with van der Waals surface area (Å²) in [5.74, 6) is 0. The van der Waals surface area contributed by atoms with Crippen molar-refractivity contribution in [3.63, 3.8) is 0 Å². The Bertz CT molecular complexity index is 1220. The number of aliphatic hydroxyl groups excluding tert-OH is 1. The molecule has 0 fully saturated rings. The first kappa shape index (κ1) is 21.1. The van der Waals surface area contributed by atoms with Crippen LogP contribution in [0.3, 0.4) is 0 Å². The summed E-state index contributed by atoms with van der Waals surface area (Å²) in [6.45, 7) is 8.40. The zero-order valence-electron chi connectivity index (χ0n) is 18.8. The molecule has 0 saturated heterocycles. The Kier molecular flexibility index (Phi) is 6.06. The second kappa shape index (κ2) is 8.91. The first-order valence-electron chi connectivity index (χ1n) is 11.0. The van der Waals surface area contributed by atoms with E-state index in [2.05, 4.69) is 106 Å². The topological polar surface area (TPSA) is 20.2 Å². The quantitative estimate of drug-likeness (QED) is 0.355.